The third kappa shape index (κ3) is 3.40. The zero-order valence-corrected chi connectivity index (χ0v) is 9.59. The normalized spacial score (nSPS) is 12.5. The van der Waals surface area contributed by atoms with Crippen molar-refractivity contribution in [2.45, 2.75) is 33.1 Å². The highest BCUT2D eigenvalue weighted by atomic mass is 19.1. The molecule has 1 aromatic rings. The van der Waals surface area contributed by atoms with Crippen LogP contribution in [0.25, 0.3) is 0 Å². The van der Waals surface area contributed by atoms with Gasteiger partial charge in [0.15, 0.2) is 0 Å². The highest BCUT2D eigenvalue weighted by molar-refractivity contribution is 5.82. The molecule has 0 radical (unpaired) electrons. The van der Waals surface area contributed by atoms with Gasteiger partial charge in [0.2, 0.25) is 0 Å². The lowest BCUT2D eigenvalue weighted by atomic mass is 9.95. The molecule has 1 rings (SSSR count). The van der Waals surface area contributed by atoms with Crippen LogP contribution in [0.5, 0.6) is 0 Å². The smallest absolute Gasteiger partial charge is 0.140 e. The third-order valence-electron chi connectivity index (χ3n) is 2.64. The highest BCUT2D eigenvalue weighted by Crippen LogP contribution is 2.15. The monoisotopic (exact) mass is 226 g/mol. The Morgan fingerprint density at radius 2 is 2.06 bits per heavy atom. The van der Waals surface area contributed by atoms with E-state index in [0.717, 1.165) is 31.0 Å². The average Bonchev–Trinajstić information content (AvgIpc) is 2.23. The number of halogens is 2. The molecule has 0 N–H and O–H groups in total. The number of carbonyl (C=O) groups excluding carboxylic acids is 1. The first-order chi connectivity index (χ1) is 7.54. The summed E-state index contributed by atoms with van der Waals surface area (Å²) in [5, 5.41) is 0. The minimum absolute atomic E-state index is 0.0231. The molecule has 0 aliphatic carbocycles. The number of benzene rings is 1. The average molecular weight is 226 g/mol. The van der Waals surface area contributed by atoms with Crippen molar-refractivity contribution in [2.24, 2.45) is 5.92 Å². The van der Waals surface area contributed by atoms with Crippen LogP contribution in [0.1, 0.15) is 32.3 Å². The molecule has 0 aliphatic heterocycles. The van der Waals surface area contributed by atoms with E-state index in [1.54, 1.807) is 0 Å². The van der Waals surface area contributed by atoms with E-state index >= 15 is 0 Å². The molecule has 0 saturated heterocycles. The van der Waals surface area contributed by atoms with Crippen molar-refractivity contribution in [3.63, 3.8) is 0 Å². The molecule has 0 aromatic heterocycles. The summed E-state index contributed by atoms with van der Waals surface area (Å²) in [7, 11) is 0. The van der Waals surface area contributed by atoms with Gasteiger partial charge in [0.1, 0.15) is 17.4 Å². The fourth-order valence-electron chi connectivity index (χ4n) is 1.63. The van der Waals surface area contributed by atoms with Crippen molar-refractivity contribution in [3.05, 3.63) is 35.4 Å². The van der Waals surface area contributed by atoms with Gasteiger partial charge in [-0.05, 0) is 30.2 Å². The van der Waals surface area contributed by atoms with Gasteiger partial charge in [-0.25, -0.2) is 8.78 Å². The van der Waals surface area contributed by atoms with Gasteiger partial charge in [0.25, 0.3) is 0 Å². The van der Waals surface area contributed by atoms with E-state index in [9.17, 15) is 13.6 Å². The largest absolute Gasteiger partial charge is 0.299 e. The summed E-state index contributed by atoms with van der Waals surface area (Å²) in [6, 6.07) is 3.20. The van der Waals surface area contributed by atoms with Crippen LogP contribution in [0.15, 0.2) is 18.2 Å². The number of rotatable bonds is 5. The van der Waals surface area contributed by atoms with Gasteiger partial charge in [0.05, 0.1) is 0 Å². The van der Waals surface area contributed by atoms with E-state index in [2.05, 4.69) is 0 Å². The summed E-state index contributed by atoms with van der Waals surface area (Å²) in [5.41, 5.74) is 0.146. The summed E-state index contributed by atoms with van der Waals surface area (Å²) in [5.74, 6) is -1.15. The van der Waals surface area contributed by atoms with Crippen molar-refractivity contribution >= 4 is 5.78 Å². The lowest BCUT2D eigenvalue weighted by molar-refractivity contribution is -0.121. The number of carbonyl (C=O) groups is 1. The molecule has 1 unspecified atom stereocenters. The Hall–Kier alpha value is -1.25. The highest BCUT2D eigenvalue weighted by Gasteiger charge is 2.15. The van der Waals surface area contributed by atoms with Gasteiger partial charge in [-0.3, -0.25) is 4.79 Å². The van der Waals surface area contributed by atoms with Crippen LogP contribution in [-0.2, 0) is 11.2 Å². The molecule has 0 spiro atoms. The van der Waals surface area contributed by atoms with E-state index in [4.69, 9.17) is 0 Å². The molecular formula is C13H16F2O. The SMILES string of the molecule is CCCC(C)C(=O)Cc1cc(F)ccc1F. The van der Waals surface area contributed by atoms with Crippen molar-refractivity contribution in [3.8, 4) is 0 Å². The maximum absolute atomic E-state index is 13.3. The van der Waals surface area contributed by atoms with Crippen LogP contribution >= 0.6 is 0 Å². The minimum Gasteiger partial charge on any atom is -0.299 e. The maximum Gasteiger partial charge on any atom is 0.140 e. The zero-order valence-electron chi connectivity index (χ0n) is 9.59. The fourth-order valence-corrected chi connectivity index (χ4v) is 1.63. The summed E-state index contributed by atoms with van der Waals surface area (Å²) < 4.78 is 26.1. The molecule has 0 fully saturated rings. The predicted molar refractivity (Wildman–Crippen MR) is 59.1 cm³/mol. The maximum atomic E-state index is 13.3. The third-order valence-corrected chi connectivity index (χ3v) is 2.64. The first-order valence-electron chi connectivity index (χ1n) is 5.51. The van der Waals surface area contributed by atoms with E-state index in [0.29, 0.717) is 0 Å². The first kappa shape index (κ1) is 12.8. The Balaban J connectivity index is 2.72. The first-order valence-corrected chi connectivity index (χ1v) is 5.51. The van der Waals surface area contributed by atoms with Crippen LogP contribution in [-0.4, -0.2) is 5.78 Å². The van der Waals surface area contributed by atoms with Crippen LogP contribution in [0.3, 0.4) is 0 Å². The minimum atomic E-state index is -0.515. The summed E-state index contributed by atoms with van der Waals surface area (Å²) in [4.78, 5) is 11.7. The second kappa shape index (κ2) is 5.73. The van der Waals surface area contributed by atoms with Gasteiger partial charge in [-0.1, -0.05) is 20.3 Å². The number of ketones is 1. The van der Waals surface area contributed by atoms with E-state index in [-0.39, 0.29) is 23.7 Å². The Bertz CT molecular complexity index is 374. The van der Waals surface area contributed by atoms with E-state index < -0.39 is 11.6 Å². The molecule has 0 saturated carbocycles. The molecule has 0 amide bonds. The Labute approximate surface area is 94.5 Å². The topological polar surface area (TPSA) is 17.1 Å². The molecule has 1 aromatic carbocycles. The standard InChI is InChI=1S/C13H16F2O/c1-3-4-9(2)13(16)8-10-7-11(14)5-6-12(10)15/h5-7,9H,3-4,8H2,1-2H3. The molecule has 1 nitrogen and oxygen atoms in total. The summed E-state index contributed by atoms with van der Waals surface area (Å²) in [6.07, 6.45) is 1.68. The van der Waals surface area contributed by atoms with Gasteiger partial charge >= 0.3 is 0 Å². The molecular weight excluding hydrogens is 210 g/mol. The second-order valence-corrected chi connectivity index (χ2v) is 4.07. The lowest BCUT2D eigenvalue weighted by Gasteiger charge is -2.09. The summed E-state index contributed by atoms with van der Waals surface area (Å²) >= 11 is 0. The van der Waals surface area contributed by atoms with Crippen LogP contribution < -0.4 is 0 Å². The van der Waals surface area contributed by atoms with Crippen molar-refractivity contribution < 1.29 is 13.6 Å². The van der Waals surface area contributed by atoms with Crippen molar-refractivity contribution in [1.29, 1.82) is 0 Å². The van der Waals surface area contributed by atoms with Gasteiger partial charge < -0.3 is 0 Å². The Kier molecular flexibility index (Phi) is 4.59. The van der Waals surface area contributed by atoms with Gasteiger partial charge in [0, 0.05) is 12.3 Å². The molecule has 0 heterocycles. The predicted octanol–water partition coefficient (Wildman–Crippen LogP) is 3.51. The van der Waals surface area contributed by atoms with Gasteiger partial charge in [-0.2, -0.15) is 0 Å². The zero-order chi connectivity index (χ0) is 12.1. The fraction of sp³-hybridized carbons (Fsp3) is 0.462. The molecule has 3 heteroatoms. The molecule has 88 valence electrons. The number of hydrogen-bond donors (Lipinski definition) is 0. The van der Waals surface area contributed by atoms with E-state index in [1.165, 1.54) is 0 Å². The van der Waals surface area contributed by atoms with Crippen molar-refractivity contribution in [1.82, 2.24) is 0 Å². The molecule has 16 heavy (non-hydrogen) atoms. The second-order valence-electron chi connectivity index (χ2n) is 4.07. The van der Waals surface area contributed by atoms with E-state index in [1.807, 2.05) is 13.8 Å². The summed E-state index contributed by atoms with van der Waals surface area (Å²) in [6.45, 7) is 3.82. The Morgan fingerprint density at radius 3 is 2.69 bits per heavy atom. The molecule has 0 aliphatic rings. The number of Topliss-reactive ketones (excluding diaryl/α,β-unsaturated/α-hetero) is 1. The van der Waals surface area contributed by atoms with Crippen LogP contribution in [0, 0.1) is 17.6 Å². The van der Waals surface area contributed by atoms with Crippen LogP contribution in [0.4, 0.5) is 8.78 Å². The van der Waals surface area contributed by atoms with Crippen molar-refractivity contribution in [2.75, 3.05) is 0 Å². The Morgan fingerprint density at radius 1 is 1.38 bits per heavy atom. The number of hydrogen-bond acceptors (Lipinski definition) is 1. The molecule has 1 atom stereocenters. The molecule has 0 bridgehead atoms. The van der Waals surface area contributed by atoms with Crippen LogP contribution in [0.2, 0.25) is 0 Å². The van der Waals surface area contributed by atoms with Gasteiger partial charge in [-0.15, -0.1) is 0 Å². The quantitative estimate of drug-likeness (QED) is 0.750. The lowest BCUT2D eigenvalue weighted by Crippen LogP contribution is -2.14.